The van der Waals surface area contributed by atoms with Gasteiger partial charge < -0.3 is 14.2 Å². The standard InChI is InChI=1S/C26H24ClN3O2/c1-18-11-12-20(27)16-24(18)30-17-19(15-25(30)31)26-28-22-9-5-6-10-23(22)29(26)13-14-32-21-7-3-2-4-8-21/h2-12,16,19H,13-15,17H2,1H3/t19-/m1/s1. The molecule has 0 unspecified atom stereocenters. The van der Waals surface area contributed by atoms with E-state index in [4.69, 9.17) is 21.3 Å². The molecule has 6 heteroatoms. The monoisotopic (exact) mass is 445 g/mol. The van der Waals surface area contributed by atoms with Crippen LogP contribution in [-0.2, 0) is 11.3 Å². The molecule has 0 bridgehead atoms. The molecule has 0 spiro atoms. The molecule has 0 aliphatic carbocycles. The summed E-state index contributed by atoms with van der Waals surface area (Å²) in [4.78, 5) is 19.7. The number of ether oxygens (including phenoxy) is 1. The number of nitrogens with zero attached hydrogens (tertiary/aromatic N) is 3. The molecule has 2 heterocycles. The van der Waals surface area contributed by atoms with Crippen molar-refractivity contribution < 1.29 is 9.53 Å². The van der Waals surface area contributed by atoms with Crippen LogP contribution in [0.1, 0.15) is 23.7 Å². The summed E-state index contributed by atoms with van der Waals surface area (Å²) in [6.45, 7) is 3.77. The van der Waals surface area contributed by atoms with E-state index in [0.29, 0.717) is 31.1 Å². The third-order valence-corrected chi connectivity index (χ3v) is 6.20. The quantitative estimate of drug-likeness (QED) is 0.388. The van der Waals surface area contributed by atoms with E-state index in [1.165, 1.54) is 0 Å². The van der Waals surface area contributed by atoms with Gasteiger partial charge in [-0.15, -0.1) is 0 Å². The minimum atomic E-state index is 0.00464. The number of carbonyl (C=O) groups excluding carboxylic acids is 1. The van der Waals surface area contributed by atoms with Crippen LogP contribution >= 0.6 is 11.6 Å². The number of carbonyl (C=O) groups is 1. The van der Waals surface area contributed by atoms with E-state index >= 15 is 0 Å². The molecule has 1 saturated heterocycles. The van der Waals surface area contributed by atoms with Crippen molar-refractivity contribution in [3.8, 4) is 5.75 Å². The molecule has 5 nitrogen and oxygen atoms in total. The summed E-state index contributed by atoms with van der Waals surface area (Å²) in [5.41, 5.74) is 3.91. The number of amides is 1. The third kappa shape index (κ3) is 3.96. The molecule has 5 rings (SSSR count). The van der Waals surface area contributed by atoms with Gasteiger partial charge in [-0.2, -0.15) is 0 Å². The molecule has 1 aliphatic heterocycles. The molecule has 1 aromatic heterocycles. The fourth-order valence-corrected chi connectivity index (χ4v) is 4.57. The van der Waals surface area contributed by atoms with Gasteiger partial charge in [-0.3, -0.25) is 4.79 Å². The molecule has 0 N–H and O–H groups in total. The molecule has 1 aliphatic rings. The first-order valence-electron chi connectivity index (χ1n) is 10.8. The highest BCUT2D eigenvalue weighted by molar-refractivity contribution is 6.31. The van der Waals surface area contributed by atoms with E-state index < -0.39 is 0 Å². The Hall–Kier alpha value is -3.31. The number of rotatable bonds is 6. The molecule has 1 fully saturated rings. The number of para-hydroxylation sites is 3. The van der Waals surface area contributed by atoms with Crippen LogP contribution < -0.4 is 9.64 Å². The summed E-state index contributed by atoms with van der Waals surface area (Å²) in [7, 11) is 0. The number of anilines is 1. The van der Waals surface area contributed by atoms with Crippen LogP contribution in [0.3, 0.4) is 0 Å². The highest BCUT2D eigenvalue weighted by atomic mass is 35.5. The second kappa shape index (κ2) is 8.67. The smallest absolute Gasteiger partial charge is 0.227 e. The normalized spacial score (nSPS) is 16.1. The lowest BCUT2D eigenvalue weighted by Gasteiger charge is -2.20. The predicted molar refractivity (Wildman–Crippen MR) is 128 cm³/mol. The summed E-state index contributed by atoms with van der Waals surface area (Å²) in [6.07, 6.45) is 0.425. The van der Waals surface area contributed by atoms with Crippen molar-refractivity contribution >= 4 is 34.2 Å². The highest BCUT2D eigenvalue weighted by Gasteiger charge is 2.35. The Morgan fingerprint density at radius 1 is 1.06 bits per heavy atom. The number of aromatic nitrogens is 2. The van der Waals surface area contributed by atoms with Crippen molar-refractivity contribution in [2.45, 2.75) is 25.8 Å². The topological polar surface area (TPSA) is 47.4 Å². The Kier molecular flexibility index (Phi) is 5.58. The van der Waals surface area contributed by atoms with Gasteiger partial charge in [0.1, 0.15) is 18.2 Å². The van der Waals surface area contributed by atoms with Crippen LogP contribution in [0.4, 0.5) is 5.69 Å². The molecular weight excluding hydrogens is 422 g/mol. The lowest BCUT2D eigenvalue weighted by molar-refractivity contribution is -0.117. The lowest BCUT2D eigenvalue weighted by atomic mass is 10.1. The zero-order valence-corrected chi connectivity index (χ0v) is 18.6. The predicted octanol–water partition coefficient (Wildman–Crippen LogP) is 5.60. The molecule has 1 amide bonds. The first-order chi connectivity index (χ1) is 15.6. The molecular formula is C26H24ClN3O2. The van der Waals surface area contributed by atoms with Crippen LogP contribution in [0.5, 0.6) is 5.75 Å². The summed E-state index contributed by atoms with van der Waals surface area (Å²) in [5.74, 6) is 1.88. The molecule has 4 aromatic rings. The minimum absolute atomic E-state index is 0.00464. The highest BCUT2D eigenvalue weighted by Crippen LogP contribution is 2.35. The third-order valence-electron chi connectivity index (χ3n) is 5.96. The van der Waals surface area contributed by atoms with E-state index in [0.717, 1.165) is 33.9 Å². The van der Waals surface area contributed by atoms with Crippen molar-refractivity contribution in [3.05, 3.63) is 89.2 Å². The van der Waals surface area contributed by atoms with Crippen molar-refractivity contribution in [1.29, 1.82) is 0 Å². The number of imidazole rings is 1. The second-order valence-electron chi connectivity index (χ2n) is 8.11. The fourth-order valence-electron chi connectivity index (χ4n) is 4.40. The van der Waals surface area contributed by atoms with Gasteiger partial charge in [0.2, 0.25) is 5.91 Å². The van der Waals surface area contributed by atoms with Crippen molar-refractivity contribution in [3.63, 3.8) is 0 Å². The number of benzene rings is 3. The van der Waals surface area contributed by atoms with Crippen LogP contribution in [0.2, 0.25) is 5.02 Å². The first-order valence-corrected chi connectivity index (χ1v) is 11.2. The van der Waals surface area contributed by atoms with Gasteiger partial charge in [0, 0.05) is 29.6 Å². The van der Waals surface area contributed by atoms with Gasteiger partial charge in [-0.25, -0.2) is 4.98 Å². The number of aryl methyl sites for hydroxylation is 1. The van der Waals surface area contributed by atoms with E-state index in [9.17, 15) is 4.79 Å². The van der Waals surface area contributed by atoms with Crippen LogP contribution in [0.15, 0.2) is 72.8 Å². The largest absolute Gasteiger partial charge is 0.492 e. The Morgan fingerprint density at radius 3 is 2.69 bits per heavy atom. The molecule has 32 heavy (non-hydrogen) atoms. The van der Waals surface area contributed by atoms with Crippen molar-refractivity contribution in [2.24, 2.45) is 0 Å². The summed E-state index contributed by atoms with van der Waals surface area (Å²) < 4.78 is 8.14. The summed E-state index contributed by atoms with van der Waals surface area (Å²) >= 11 is 6.21. The zero-order valence-electron chi connectivity index (χ0n) is 17.9. The van der Waals surface area contributed by atoms with Gasteiger partial charge in [0.25, 0.3) is 0 Å². The van der Waals surface area contributed by atoms with Crippen molar-refractivity contribution in [1.82, 2.24) is 9.55 Å². The van der Waals surface area contributed by atoms with Crippen LogP contribution in [0, 0.1) is 6.92 Å². The van der Waals surface area contributed by atoms with Gasteiger partial charge in [0.15, 0.2) is 0 Å². The van der Waals surface area contributed by atoms with Gasteiger partial charge in [0.05, 0.1) is 17.6 Å². The Bertz CT molecular complexity index is 1270. The SMILES string of the molecule is Cc1ccc(Cl)cc1N1C[C@H](c2nc3ccccc3n2CCOc2ccccc2)CC1=O. The molecule has 0 radical (unpaired) electrons. The molecule has 1 atom stereocenters. The minimum Gasteiger partial charge on any atom is -0.492 e. The van der Waals surface area contributed by atoms with E-state index in [2.05, 4.69) is 10.6 Å². The van der Waals surface area contributed by atoms with Gasteiger partial charge in [-0.05, 0) is 48.9 Å². The molecule has 162 valence electrons. The van der Waals surface area contributed by atoms with E-state index in [-0.39, 0.29) is 11.8 Å². The zero-order chi connectivity index (χ0) is 22.1. The van der Waals surface area contributed by atoms with E-state index in [1.807, 2.05) is 78.6 Å². The maximum Gasteiger partial charge on any atom is 0.227 e. The number of fused-ring (bicyclic) bond motifs is 1. The Labute approximate surface area is 192 Å². The molecule has 3 aromatic carbocycles. The Morgan fingerprint density at radius 2 is 1.84 bits per heavy atom. The van der Waals surface area contributed by atoms with Crippen molar-refractivity contribution in [2.75, 3.05) is 18.1 Å². The van der Waals surface area contributed by atoms with Gasteiger partial charge >= 0.3 is 0 Å². The van der Waals surface area contributed by atoms with Crippen LogP contribution in [0.25, 0.3) is 11.0 Å². The Balaban J connectivity index is 1.43. The fraction of sp³-hybridized carbons (Fsp3) is 0.231. The number of hydrogen-bond acceptors (Lipinski definition) is 3. The second-order valence-corrected chi connectivity index (χ2v) is 8.54. The number of halogens is 1. The summed E-state index contributed by atoms with van der Waals surface area (Å²) in [5, 5.41) is 0.632. The van der Waals surface area contributed by atoms with E-state index in [1.54, 1.807) is 0 Å². The summed E-state index contributed by atoms with van der Waals surface area (Å²) in [6, 6.07) is 23.6. The maximum atomic E-state index is 13.0. The maximum absolute atomic E-state index is 13.0. The van der Waals surface area contributed by atoms with Crippen LogP contribution in [-0.4, -0.2) is 28.6 Å². The number of hydrogen-bond donors (Lipinski definition) is 0. The molecule has 0 saturated carbocycles. The van der Waals surface area contributed by atoms with Gasteiger partial charge in [-0.1, -0.05) is 48.0 Å². The lowest BCUT2D eigenvalue weighted by Crippen LogP contribution is -2.25. The average molecular weight is 446 g/mol. The average Bonchev–Trinajstić information content (AvgIpc) is 3.37. The first kappa shape index (κ1) is 20.6.